The van der Waals surface area contributed by atoms with Crippen molar-refractivity contribution in [1.29, 1.82) is 0 Å². The van der Waals surface area contributed by atoms with Crippen molar-refractivity contribution in [1.82, 2.24) is 5.32 Å². The zero-order valence-electron chi connectivity index (χ0n) is 6.80. The fraction of sp³-hybridized carbons (Fsp3) is 1.00. The van der Waals surface area contributed by atoms with Gasteiger partial charge in [0.15, 0.2) is 11.1 Å². The normalized spacial score (nSPS) is 26.4. The lowest BCUT2D eigenvalue weighted by Crippen LogP contribution is -2.37. The van der Waals surface area contributed by atoms with Crippen molar-refractivity contribution in [2.24, 2.45) is 5.41 Å². The Balaban J connectivity index is 2.43. The smallest absolute Gasteiger partial charge is 0.153 e. The molecule has 1 atom stereocenters. The van der Waals surface area contributed by atoms with Gasteiger partial charge in [-0.1, -0.05) is 6.92 Å². The van der Waals surface area contributed by atoms with E-state index < -0.39 is 11.1 Å². The quantitative estimate of drug-likeness (QED) is 0.607. The lowest BCUT2D eigenvalue weighted by molar-refractivity contribution is 0.260. The second kappa shape index (κ2) is 3.65. The van der Waals surface area contributed by atoms with E-state index in [1.807, 2.05) is 0 Å². The van der Waals surface area contributed by atoms with Crippen LogP contribution in [0.25, 0.3) is 0 Å². The molecule has 11 heavy (non-hydrogen) atoms. The molecule has 0 aromatic rings. The van der Waals surface area contributed by atoms with Gasteiger partial charge in [-0.25, -0.2) is 4.21 Å². The van der Waals surface area contributed by atoms with Crippen LogP contribution in [0.3, 0.4) is 0 Å². The minimum absolute atomic E-state index is 0.0882. The van der Waals surface area contributed by atoms with Crippen LogP contribution in [0.2, 0.25) is 0 Å². The van der Waals surface area contributed by atoms with Gasteiger partial charge < -0.3 is 9.87 Å². The molecule has 0 aliphatic carbocycles. The Morgan fingerprint density at radius 1 is 1.55 bits per heavy atom. The molecule has 0 amide bonds. The van der Waals surface area contributed by atoms with Gasteiger partial charge in [0.1, 0.15) is 0 Å². The van der Waals surface area contributed by atoms with Gasteiger partial charge in [-0.2, -0.15) is 0 Å². The SMILES string of the molecule is CC1(CS(=O)O)CCNCC1. The molecule has 66 valence electrons. The van der Waals surface area contributed by atoms with Crippen molar-refractivity contribution in [3.63, 3.8) is 0 Å². The highest BCUT2D eigenvalue weighted by atomic mass is 32.2. The first kappa shape index (κ1) is 9.16. The predicted octanol–water partition coefficient (Wildman–Crippen LogP) is 0.598. The van der Waals surface area contributed by atoms with E-state index in [0.29, 0.717) is 5.75 Å². The molecule has 1 aliphatic heterocycles. The zero-order chi connectivity index (χ0) is 8.32. The molecule has 1 heterocycles. The van der Waals surface area contributed by atoms with E-state index in [-0.39, 0.29) is 5.41 Å². The van der Waals surface area contributed by atoms with Crippen LogP contribution in [0.1, 0.15) is 19.8 Å². The summed E-state index contributed by atoms with van der Waals surface area (Å²) in [6.07, 6.45) is 2.03. The van der Waals surface area contributed by atoms with E-state index in [9.17, 15) is 4.21 Å². The Morgan fingerprint density at radius 2 is 2.09 bits per heavy atom. The summed E-state index contributed by atoms with van der Waals surface area (Å²) in [6.45, 7) is 4.04. The molecule has 1 rings (SSSR count). The van der Waals surface area contributed by atoms with Crippen molar-refractivity contribution < 1.29 is 8.76 Å². The lowest BCUT2D eigenvalue weighted by atomic mass is 9.83. The minimum atomic E-state index is -1.63. The van der Waals surface area contributed by atoms with Crippen LogP contribution in [0, 0.1) is 5.41 Å². The van der Waals surface area contributed by atoms with Gasteiger partial charge in [-0.3, -0.25) is 0 Å². The molecule has 0 radical (unpaired) electrons. The van der Waals surface area contributed by atoms with Crippen LogP contribution in [-0.2, 0) is 11.1 Å². The van der Waals surface area contributed by atoms with E-state index >= 15 is 0 Å². The molecule has 3 nitrogen and oxygen atoms in total. The van der Waals surface area contributed by atoms with Gasteiger partial charge in [0.2, 0.25) is 0 Å². The molecule has 1 saturated heterocycles. The third kappa shape index (κ3) is 2.89. The Kier molecular flexibility index (Phi) is 3.04. The Hall–Kier alpha value is 0.0700. The van der Waals surface area contributed by atoms with Crippen molar-refractivity contribution in [3.05, 3.63) is 0 Å². The fourth-order valence-electron chi connectivity index (χ4n) is 1.47. The second-order valence-corrected chi connectivity index (χ2v) is 4.46. The van der Waals surface area contributed by atoms with E-state index in [1.165, 1.54) is 0 Å². The standard InChI is InChI=1S/C7H15NO2S/c1-7(6-11(9)10)2-4-8-5-3-7/h8H,2-6H2,1H3,(H,9,10). The molecule has 0 aromatic carbocycles. The van der Waals surface area contributed by atoms with Gasteiger partial charge in [0.25, 0.3) is 0 Å². The Labute approximate surface area is 69.9 Å². The highest BCUT2D eigenvalue weighted by molar-refractivity contribution is 7.79. The van der Waals surface area contributed by atoms with Crippen molar-refractivity contribution in [2.75, 3.05) is 18.8 Å². The summed E-state index contributed by atoms with van der Waals surface area (Å²) in [7, 11) is 0. The molecule has 1 fully saturated rings. The van der Waals surface area contributed by atoms with Crippen molar-refractivity contribution >= 4 is 11.1 Å². The predicted molar refractivity (Wildman–Crippen MR) is 45.8 cm³/mol. The third-order valence-corrected chi connectivity index (χ3v) is 3.23. The topological polar surface area (TPSA) is 49.3 Å². The minimum Gasteiger partial charge on any atom is -0.317 e. The fourth-order valence-corrected chi connectivity index (χ4v) is 2.36. The number of hydrogen-bond acceptors (Lipinski definition) is 2. The van der Waals surface area contributed by atoms with Crippen LogP contribution in [0.5, 0.6) is 0 Å². The maximum absolute atomic E-state index is 10.6. The highest BCUT2D eigenvalue weighted by Gasteiger charge is 2.28. The average Bonchev–Trinajstić information content (AvgIpc) is 1.85. The molecule has 2 N–H and O–H groups in total. The Morgan fingerprint density at radius 3 is 2.55 bits per heavy atom. The maximum atomic E-state index is 10.6. The zero-order valence-corrected chi connectivity index (χ0v) is 7.62. The first-order valence-corrected chi connectivity index (χ1v) is 5.18. The number of hydrogen-bond donors (Lipinski definition) is 2. The van der Waals surface area contributed by atoms with E-state index in [0.717, 1.165) is 25.9 Å². The lowest BCUT2D eigenvalue weighted by Gasteiger charge is -2.32. The van der Waals surface area contributed by atoms with Crippen molar-refractivity contribution in [2.45, 2.75) is 19.8 Å². The first-order valence-electron chi connectivity index (χ1n) is 3.91. The molecule has 0 aromatic heterocycles. The highest BCUT2D eigenvalue weighted by Crippen LogP contribution is 2.28. The van der Waals surface area contributed by atoms with Crippen LogP contribution >= 0.6 is 0 Å². The van der Waals surface area contributed by atoms with Crippen molar-refractivity contribution in [3.8, 4) is 0 Å². The molecular weight excluding hydrogens is 162 g/mol. The van der Waals surface area contributed by atoms with Gasteiger partial charge >= 0.3 is 0 Å². The largest absolute Gasteiger partial charge is 0.317 e. The summed E-state index contributed by atoms with van der Waals surface area (Å²) >= 11 is -1.63. The molecule has 0 saturated carbocycles. The van der Waals surface area contributed by atoms with Crippen LogP contribution in [0.15, 0.2) is 0 Å². The molecule has 0 bridgehead atoms. The van der Waals surface area contributed by atoms with E-state index in [1.54, 1.807) is 0 Å². The summed E-state index contributed by atoms with van der Waals surface area (Å²) in [4.78, 5) is 0. The van der Waals surface area contributed by atoms with E-state index in [4.69, 9.17) is 4.55 Å². The van der Waals surface area contributed by atoms with E-state index in [2.05, 4.69) is 12.2 Å². The number of rotatable bonds is 2. The van der Waals surface area contributed by atoms with Gasteiger partial charge in [0.05, 0.1) is 5.75 Å². The summed E-state index contributed by atoms with van der Waals surface area (Å²) in [6, 6.07) is 0. The maximum Gasteiger partial charge on any atom is 0.153 e. The van der Waals surface area contributed by atoms with Gasteiger partial charge in [-0.15, -0.1) is 0 Å². The molecule has 1 aliphatic rings. The van der Waals surface area contributed by atoms with Gasteiger partial charge in [-0.05, 0) is 31.3 Å². The van der Waals surface area contributed by atoms with Gasteiger partial charge in [0, 0.05) is 0 Å². The molecular formula is C7H15NO2S. The van der Waals surface area contributed by atoms with Crippen LogP contribution < -0.4 is 5.32 Å². The Bertz CT molecular complexity index is 155. The van der Waals surface area contributed by atoms with Crippen LogP contribution in [-0.4, -0.2) is 27.6 Å². The molecule has 4 heteroatoms. The average molecular weight is 177 g/mol. The first-order chi connectivity index (χ1) is 5.12. The molecule has 1 unspecified atom stereocenters. The summed E-state index contributed by atoms with van der Waals surface area (Å²) < 4.78 is 19.3. The summed E-state index contributed by atoms with van der Waals surface area (Å²) in [5.41, 5.74) is 0.0882. The summed E-state index contributed by atoms with van der Waals surface area (Å²) in [5.74, 6) is 0.425. The molecule has 0 spiro atoms. The van der Waals surface area contributed by atoms with Crippen LogP contribution in [0.4, 0.5) is 0 Å². The number of piperidine rings is 1. The monoisotopic (exact) mass is 177 g/mol. The second-order valence-electron chi connectivity index (χ2n) is 3.53. The summed E-state index contributed by atoms with van der Waals surface area (Å²) in [5, 5.41) is 3.23. The third-order valence-electron chi connectivity index (χ3n) is 2.28. The number of nitrogens with one attached hydrogen (secondary N) is 1.